The first-order chi connectivity index (χ1) is 9.10. The predicted molar refractivity (Wildman–Crippen MR) is 78.4 cm³/mol. The summed E-state index contributed by atoms with van der Waals surface area (Å²) < 4.78 is 0. The van der Waals surface area contributed by atoms with Crippen LogP contribution in [0.25, 0.3) is 11.4 Å². The second-order valence-electron chi connectivity index (χ2n) is 3.79. The third kappa shape index (κ3) is 3.21. The van der Waals surface area contributed by atoms with E-state index in [0.29, 0.717) is 17.2 Å². The van der Waals surface area contributed by atoms with Crippen LogP contribution >= 0.6 is 11.6 Å². The van der Waals surface area contributed by atoms with Gasteiger partial charge in [-0.3, -0.25) is 5.01 Å². The van der Waals surface area contributed by atoms with E-state index in [2.05, 4.69) is 15.0 Å². The summed E-state index contributed by atoms with van der Waals surface area (Å²) in [5.41, 5.74) is 7.36. The highest BCUT2D eigenvalue weighted by Crippen LogP contribution is 2.18. The van der Waals surface area contributed by atoms with E-state index >= 15 is 0 Å². The number of anilines is 1. The number of nitrogens with zero attached hydrogens (tertiary/aromatic N) is 4. The van der Waals surface area contributed by atoms with Crippen molar-refractivity contribution in [3.05, 3.63) is 41.9 Å². The summed E-state index contributed by atoms with van der Waals surface area (Å²) in [4.78, 5) is 12.5. The Morgan fingerprint density at radius 1 is 1.21 bits per heavy atom. The number of aromatic nitrogens is 3. The average molecular weight is 275 g/mol. The minimum absolute atomic E-state index is 0.189. The van der Waals surface area contributed by atoms with E-state index in [1.54, 1.807) is 12.1 Å². The number of hydrogen-bond donors (Lipinski definition) is 2. The lowest BCUT2D eigenvalue weighted by molar-refractivity contribution is 1.02. The summed E-state index contributed by atoms with van der Waals surface area (Å²) in [5.74, 6) is 6.31. The topological polar surface area (TPSA) is 94.0 Å². The monoisotopic (exact) mass is 274 g/mol. The summed E-state index contributed by atoms with van der Waals surface area (Å²) in [6, 6.07) is 7.21. The van der Waals surface area contributed by atoms with Gasteiger partial charge in [-0.15, -0.1) is 0 Å². The highest BCUT2D eigenvalue weighted by atomic mass is 35.5. The van der Waals surface area contributed by atoms with Gasteiger partial charge in [0.15, 0.2) is 7.85 Å². The number of nitrogens with two attached hydrogens (primary N) is 2. The standard InChI is InChI=1S/C11H12BClN6/c12-9-6-8(17-11(13)18-9)7-2-1-3-10(16-7)19(15)5-4-14/h1-6H,12,14-15H2/b5-4-. The number of hydrogen-bond acceptors (Lipinski definition) is 6. The van der Waals surface area contributed by atoms with Crippen LogP contribution in [0.2, 0.25) is 5.28 Å². The van der Waals surface area contributed by atoms with Crippen molar-refractivity contribution in [3.63, 3.8) is 0 Å². The van der Waals surface area contributed by atoms with Crippen LogP contribution in [0.15, 0.2) is 36.7 Å². The molecule has 0 saturated carbocycles. The maximum absolute atomic E-state index is 5.84. The van der Waals surface area contributed by atoms with E-state index in [0.717, 1.165) is 5.59 Å². The smallest absolute Gasteiger partial charge is 0.222 e. The fraction of sp³-hybridized carbons (Fsp3) is 0. The van der Waals surface area contributed by atoms with Crippen LogP contribution in [-0.4, -0.2) is 22.8 Å². The molecule has 4 N–H and O–H groups in total. The van der Waals surface area contributed by atoms with E-state index in [-0.39, 0.29) is 5.28 Å². The minimum atomic E-state index is 0.189. The van der Waals surface area contributed by atoms with Crippen LogP contribution in [-0.2, 0) is 0 Å². The average Bonchev–Trinajstić information content (AvgIpc) is 2.38. The Labute approximate surface area is 116 Å². The van der Waals surface area contributed by atoms with Crippen molar-refractivity contribution in [2.24, 2.45) is 11.6 Å². The maximum Gasteiger partial charge on any atom is 0.222 e. The lowest BCUT2D eigenvalue weighted by atomic mass is 10.0. The van der Waals surface area contributed by atoms with Gasteiger partial charge in [-0.05, 0) is 29.8 Å². The van der Waals surface area contributed by atoms with Crippen molar-refractivity contribution < 1.29 is 0 Å². The Kier molecular flexibility index (Phi) is 3.98. The minimum Gasteiger partial charge on any atom is -0.403 e. The normalized spacial score (nSPS) is 10.8. The van der Waals surface area contributed by atoms with Crippen LogP contribution in [0.3, 0.4) is 0 Å². The van der Waals surface area contributed by atoms with Crippen LogP contribution < -0.4 is 22.2 Å². The highest BCUT2D eigenvalue weighted by Gasteiger charge is 2.07. The molecule has 6 nitrogen and oxygen atoms in total. The molecule has 0 amide bonds. The van der Waals surface area contributed by atoms with Gasteiger partial charge in [-0.2, -0.15) is 0 Å². The van der Waals surface area contributed by atoms with E-state index < -0.39 is 0 Å². The van der Waals surface area contributed by atoms with Gasteiger partial charge in [0.2, 0.25) is 5.28 Å². The van der Waals surface area contributed by atoms with Gasteiger partial charge in [0.25, 0.3) is 0 Å². The Hall–Kier alpha value is -2.12. The van der Waals surface area contributed by atoms with Crippen molar-refractivity contribution in [1.29, 1.82) is 0 Å². The van der Waals surface area contributed by atoms with Crippen LogP contribution in [0.4, 0.5) is 5.82 Å². The highest BCUT2D eigenvalue weighted by molar-refractivity contribution is 6.33. The van der Waals surface area contributed by atoms with Crippen LogP contribution in [0.5, 0.6) is 0 Å². The van der Waals surface area contributed by atoms with Gasteiger partial charge < -0.3 is 5.73 Å². The first-order valence-electron chi connectivity index (χ1n) is 5.51. The summed E-state index contributed by atoms with van der Waals surface area (Å²) in [5, 5.41) is 1.51. The lowest BCUT2D eigenvalue weighted by Gasteiger charge is -2.12. The van der Waals surface area contributed by atoms with Crippen molar-refractivity contribution >= 4 is 30.9 Å². The first kappa shape index (κ1) is 13.3. The van der Waals surface area contributed by atoms with Crippen LogP contribution in [0.1, 0.15) is 0 Å². The molecule has 0 bridgehead atoms. The van der Waals surface area contributed by atoms with Crippen molar-refractivity contribution in [2.75, 3.05) is 5.01 Å². The molecule has 0 aliphatic rings. The molecule has 0 fully saturated rings. The quantitative estimate of drug-likeness (QED) is 0.341. The summed E-state index contributed by atoms with van der Waals surface area (Å²) in [6.45, 7) is 0. The zero-order valence-electron chi connectivity index (χ0n) is 10.3. The third-order valence-electron chi connectivity index (χ3n) is 2.33. The van der Waals surface area contributed by atoms with Gasteiger partial charge in [0.05, 0.1) is 11.4 Å². The molecule has 8 heteroatoms. The molecule has 0 radical (unpaired) electrons. The SMILES string of the molecule is Bc1cc(-c2cccc(N(N)/C=C\N)n2)nc(Cl)n1. The number of halogens is 1. The molecular weight excluding hydrogens is 262 g/mol. The van der Waals surface area contributed by atoms with Gasteiger partial charge >= 0.3 is 0 Å². The second kappa shape index (κ2) is 5.68. The van der Waals surface area contributed by atoms with Gasteiger partial charge in [0, 0.05) is 18.0 Å². The van der Waals surface area contributed by atoms with Crippen molar-refractivity contribution in [2.45, 2.75) is 0 Å². The maximum atomic E-state index is 5.84. The van der Waals surface area contributed by atoms with Crippen molar-refractivity contribution in [3.8, 4) is 11.4 Å². The van der Waals surface area contributed by atoms with E-state index in [1.165, 1.54) is 17.4 Å². The fourth-order valence-corrected chi connectivity index (χ4v) is 1.77. The summed E-state index contributed by atoms with van der Waals surface area (Å²) >= 11 is 5.84. The molecule has 2 heterocycles. The van der Waals surface area contributed by atoms with Gasteiger partial charge in [-0.25, -0.2) is 20.8 Å². The van der Waals surface area contributed by atoms with Gasteiger partial charge in [-0.1, -0.05) is 6.07 Å². The zero-order chi connectivity index (χ0) is 13.8. The molecule has 0 atom stereocenters. The fourth-order valence-electron chi connectivity index (χ4n) is 1.54. The Morgan fingerprint density at radius 2 is 2.00 bits per heavy atom. The lowest BCUT2D eigenvalue weighted by Crippen LogP contribution is -2.25. The molecule has 96 valence electrons. The summed E-state index contributed by atoms with van der Waals surface area (Å²) in [6.07, 6.45) is 2.84. The molecule has 2 rings (SSSR count). The molecule has 19 heavy (non-hydrogen) atoms. The molecule has 0 aliphatic carbocycles. The Morgan fingerprint density at radius 3 is 2.68 bits per heavy atom. The molecule has 2 aromatic rings. The zero-order valence-corrected chi connectivity index (χ0v) is 11.0. The van der Waals surface area contributed by atoms with E-state index in [4.69, 9.17) is 23.2 Å². The third-order valence-corrected chi connectivity index (χ3v) is 2.50. The molecule has 0 saturated heterocycles. The predicted octanol–water partition coefficient (Wildman–Crippen LogP) is -0.440. The Balaban J connectivity index is 2.43. The number of rotatable bonds is 3. The molecule has 2 aromatic heterocycles. The van der Waals surface area contributed by atoms with Gasteiger partial charge in [0.1, 0.15) is 5.82 Å². The second-order valence-corrected chi connectivity index (χ2v) is 4.13. The molecule has 0 spiro atoms. The molecule has 0 unspecified atom stereocenters. The summed E-state index contributed by atoms with van der Waals surface area (Å²) in [7, 11) is 1.84. The first-order valence-corrected chi connectivity index (χ1v) is 5.89. The van der Waals surface area contributed by atoms with E-state index in [1.807, 2.05) is 20.0 Å². The van der Waals surface area contributed by atoms with Crippen molar-refractivity contribution in [1.82, 2.24) is 15.0 Å². The number of hydrazine groups is 1. The molecule has 0 aliphatic heterocycles. The molecule has 0 aromatic carbocycles. The number of pyridine rings is 1. The van der Waals surface area contributed by atoms with Crippen LogP contribution in [0, 0.1) is 0 Å². The Bertz CT molecular complexity index is 598. The molecular formula is C11H12BClN6. The van der Waals surface area contributed by atoms with E-state index in [9.17, 15) is 0 Å². The largest absolute Gasteiger partial charge is 0.403 e.